The highest BCUT2D eigenvalue weighted by Gasteiger charge is 2.23. The summed E-state index contributed by atoms with van der Waals surface area (Å²) in [6, 6.07) is 17.3. The third kappa shape index (κ3) is 5.75. The summed E-state index contributed by atoms with van der Waals surface area (Å²) in [5.41, 5.74) is 1.71. The average molecular weight is 419 g/mol. The van der Waals surface area contributed by atoms with Gasteiger partial charge in [0.15, 0.2) is 0 Å². The number of ether oxygens (including phenoxy) is 1. The number of likely N-dealkylation sites (tertiary alicyclic amines) is 2. The Bertz CT molecular complexity index is 919. The van der Waals surface area contributed by atoms with Crippen molar-refractivity contribution < 1.29 is 14.3 Å². The number of hydrogen-bond donors (Lipinski definition) is 0. The van der Waals surface area contributed by atoms with Crippen molar-refractivity contribution in [1.82, 2.24) is 9.80 Å². The fourth-order valence-corrected chi connectivity index (χ4v) is 4.27. The molecule has 0 bridgehead atoms. The number of benzene rings is 2. The summed E-state index contributed by atoms with van der Waals surface area (Å²) in [4.78, 5) is 29.0. The first-order chi connectivity index (χ1) is 15.2. The fourth-order valence-electron chi connectivity index (χ4n) is 4.27. The first kappa shape index (κ1) is 21.2. The molecule has 0 aromatic heterocycles. The highest BCUT2D eigenvalue weighted by molar-refractivity contribution is 5.94. The molecular formula is C26H30N2O3. The van der Waals surface area contributed by atoms with Gasteiger partial charge < -0.3 is 14.5 Å². The number of carbonyl (C=O) groups excluding carboxylic acids is 2. The maximum atomic E-state index is 12.6. The van der Waals surface area contributed by atoms with E-state index in [1.165, 1.54) is 0 Å². The monoisotopic (exact) mass is 418 g/mol. The highest BCUT2D eigenvalue weighted by atomic mass is 16.5. The van der Waals surface area contributed by atoms with Crippen molar-refractivity contribution in [3.8, 4) is 5.75 Å². The Morgan fingerprint density at radius 2 is 1.71 bits per heavy atom. The molecule has 5 nitrogen and oxygen atoms in total. The van der Waals surface area contributed by atoms with Crippen LogP contribution in [0.2, 0.25) is 0 Å². The molecule has 0 saturated carbocycles. The van der Waals surface area contributed by atoms with Crippen molar-refractivity contribution in [2.24, 2.45) is 5.92 Å². The summed E-state index contributed by atoms with van der Waals surface area (Å²) < 4.78 is 6.03. The zero-order valence-electron chi connectivity index (χ0n) is 17.9. The molecule has 31 heavy (non-hydrogen) atoms. The van der Waals surface area contributed by atoms with Crippen LogP contribution in [0.1, 0.15) is 41.6 Å². The third-order valence-electron chi connectivity index (χ3n) is 6.01. The molecule has 4 rings (SSSR count). The molecule has 0 radical (unpaired) electrons. The van der Waals surface area contributed by atoms with Crippen molar-refractivity contribution >= 4 is 17.9 Å². The molecule has 0 N–H and O–H groups in total. The lowest BCUT2D eigenvalue weighted by molar-refractivity contribution is -0.127. The topological polar surface area (TPSA) is 49.9 Å². The molecule has 0 aliphatic carbocycles. The van der Waals surface area contributed by atoms with Gasteiger partial charge in [-0.2, -0.15) is 0 Å². The molecule has 1 atom stereocenters. The van der Waals surface area contributed by atoms with Gasteiger partial charge in [-0.25, -0.2) is 0 Å². The number of carbonyl (C=O) groups is 2. The van der Waals surface area contributed by atoms with Crippen LogP contribution in [0.3, 0.4) is 0 Å². The van der Waals surface area contributed by atoms with Gasteiger partial charge in [0.05, 0.1) is 6.61 Å². The zero-order valence-corrected chi connectivity index (χ0v) is 17.9. The molecule has 5 heteroatoms. The summed E-state index contributed by atoms with van der Waals surface area (Å²) in [6.07, 6.45) is 7.71. The van der Waals surface area contributed by atoms with Crippen LogP contribution in [0.25, 0.3) is 6.08 Å². The number of nitrogens with zero attached hydrogens (tertiary/aromatic N) is 2. The van der Waals surface area contributed by atoms with Crippen LogP contribution in [-0.4, -0.2) is 54.4 Å². The second kappa shape index (κ2) is 10.3. The van der Waals surface area contributed by atoms with Gasteiger partial charge in [-0.1, -0.05) is 36.4 Å². The normalized spacial score (nSPS) is 19.0. The predicted molar refractivity (Wildman–Crippen MR) is 122 cm³/mol. The minimum absolute atomic E-state index is 0.0479. The Balaban J connectivity index is 1.30. The van der Waals surface area contributed by atoms with Crippen LogP contribution in [-0.2, 0) is 4.79 Å². The summed E-state index contributed by atoms with van der Waals surface area (Å²) in [7, 11) is 0. The Morgan fingerprint density at radius 3 is 2.52 bits per heavy atom. The smallest absolute Gasteiger partial charge is 0.253 e. The fraction of sp³-hybridized carbons (Fsp3) is 0.385. The van der Waals surface area contributed by atoms with Gasteiger partial charge in [-0.05, 0) is 55.5 Å². The molecule has 0 unspecified atom stereocenters. The van der Waals surface area contributed by atoms with Crippen molar-refractivity contribution in [2.45, 2.75) is 25.7 Å². The van der Waals surface area contributed by atoms with Gasteiger partial charge in [-0.3, -0.25) is 9.59 Å². The van der Waals surface area contributed by atoms with Gasteiger partial charge in [0.1, 0.15) is 5.75 Å². The molecule has 2 amide bonds. The number of piperidine rings is 1. The minimum Gasteiger partial charge on any atom is -0.493 e. The van der Waals surface area contributed by atoms with E-state index in [4.69, 9.17) is 4.74 Å². The van der Waals surface area contributed by atoms with E-state index >= 15 is 0 Å². The second-order valence-electron chi connectivity index (χ2n) is 8.37. The van der Waals surface area contributed by atoms with Gasteiger partial charge in [0.25, 0.3) is 5.91 Å². The van der Waals surface area contributed by atoms with Crippen LogP contribution < -0.4 is 4.74 Å². The van der Waals surface area contributed by atoms with Crippen molar-refractivity contribution in [2.75, 3.05) is 32.8 Å². The van der Waals surface area contributed by atoms with Gasteiger partial charge in [0.2, 0.25) is 5.91 Å². The van der Waals surface area contributed by atoms with E-state index in [2.05, 4.69) is 0 Å². The first-order valence-corrected chi connectivity index (χ1v) is 11.2. The highest BCUT2D eigenvalue weighted by Crippen LogP contribution is 2.21. The number of hydrogen-bond acceptors (Lipinski definition) is 3. The molecule has 2 aliphatic rings. The quantitative estimate of drug-likeness (QED) is 0.659. The largest absolute Gasteiger partial charge is 0.493 e. The summed E-state index contributed by atoms with van der Waals surface area (Å²) in [6.45, 7) is 3.72. The lowest BCUT2D eigenvalue weighted by Crippen LogP contribution is -2.40. The molecule has 162 valence electrons. The van der Waals surface area contributed by atoms with E-state index in [0.717, 1.165) is 56.6 Å². The van der Waals surface area contributed by atoms with Crippen LogP contribution in [0.4, 0.5) is 0 Å². The Hall–Kier alpha value is -3.08. The zero-order chi connectivity index (χ0) is 21.5. The van der Waals surface area contributed by atoms with E-state index in [-0.39, 0.29) is 11.8 Å². The van der Waals surface area contributed by atoms with Gasteiger partial charge in [0, 0.05) is 43.7 Å². The molecule has 2 aromatic rings. The number of rotatable bonds is 6. The van der Waals surface area contributed by atoms with E-state index in [9.17, 15) is 9.59 Å². The van der Waals surface area contributed by atoms with E-state index in [1.807, 2.05) is 70.5 Å². The summed E-state index contributed by atoms with van der Waals surface area (Å²) >= 11 is 0. The molecule has 0 spiro atoms. The van der Waals surface area contributed by atoms with Crippen molar-refractivity contribution in [1.29, 1.82) is 0 Å². The molecule has 2 heterocycles. The van der Waals surface area contributed by atoms with Crippen molar-refractivity contribution in [3.63, 3.8) is 0 Å². The van der Waals surface area contributed by atoms with Gasteiger partial charge in [-0.15, -0.1) is 0 Å². The number of amides is 2. The van der Waals surface area contributed by atoms with Crippen LogP contribution in [0.15, 0.2) is 60.7 Å². The van der Waals surface area contributed by atoms with Crippen LogP contribution in [0, 0.1) is 5.92 Å². The van der Waals surface area contributed by atoms with Crippen molar-refractivity contribution in [3.05, 3.63) is 71.8 Å². The third-order valence-corrected chi connectivity index (χ3v) is 6.01. The lowest BCUT2D eigenvalue weighted by atomic mass is 9.99. The summed E-state index contributed by atoms with van der Waals surface area (Å²) in [5, 5.41) is 0. The molecule has 2 fully saturated rings. The minimum atomic E-state index is 0.0479. The van der Waals surface area contributed by atoms with E-state index in [1.54, 1.807) is 6.08 Å². The van der Waals surface area contributed by atoms with Gasteiger partial charge >= 0.3 is 0 Å². The Morgan fingerprint density at radius 1 is 0.935 bits per heavy atom. The lowest BCUT2D eigenvalue weighted by Gasteiger charge is -2.32. The van der Waals surface area contributed by atoms with E-state index < -0.39 is 0 Å². The molecule has 2 aromatic carbocycles. The Kier molecular flexibility index (Phi) is 7.03. The SMILES string of the molecule is O=C(/C=C/c1ccccc1)N1CCC[C@@H](COc2cccc(C(=O)N3CCCC3)c2)C1. The average Bonchev–Trinajstić information content (AvgIpc) is 3.37. The first-order valence-electron chi connectivity index (χ1n) is 11.2. The predicted octanol–water partition coefficient (Wildman–Crippen LogP) is 4.25. The van der Waals surface area contributed by atoms with Crippen LogP contribution in [0.5, 0.6) is 5.75 Å². The standard InChI is InChI=1S/C26H30N2O3/c29-25(14-13-21-8-2-1-3-9-21)28-17-7-10-22(19-28)20-31-24-12-6-11-23(18-24)26(30)27-15-4-5-16-27/h1-3,6,8-9,11-14,18,22H,4-5,7,10,15-17,19-20H2/b14-13+/t22-/m1/s1. The van der Waals surface area contributed by atoms with E-state index in [0.29, 0.717) is 24.6 Å². The molecular weight excluding hydrogens is 388 g/mol. The summed E-state index contributed by atoms with van der Waals surface area (Å²) in [5.74, 6) is 1.15. The maximum Gasteiger partial charge on any atom is 0.253 e. The molecule has 2 aliphatic heterocycles. The molecule has 2 saturated heterocycles. The van der Waals surface area contributed by atoms with Crippen LogP contribution >= 0.6 is 0 Å². The second-order valence-corrected chi connectivity index (χ2v) is 8.37. The maximum absolute atomic E-state index is 12.6. The Labute approximate surface area is 184 Å².